The molecule has 0 aliphatic carbocycles. The fourth-order valence-corrected chi connectivity index (χ4v) is 4.00. The first-order valence-electron chi connectivity index (χ1n) is 11.1. The molecule has 0 heteroatoms. The van der Waals surface area contributed by atoms with Gasteiger partial charge < -0.3 is 0 Å². The molecular weight excluding hydrogens is 288 g/mol. The monoisotopic (exact) mass is 336 g/mol. The molecule has 24 heavy (non-hydrogen) atoms. The normalized spacial score (nSPS) is 17.8. The van der Waals surface area contributed by atoms with Crippen LogP contribution in [0.4, 0.5) is 0 Å². The molecule has 0 aromatic heterocycles. The topological polar surface area (TPSA) is 0 Å². The van der Waals surface area contributed by atoms with Crippen molar-refractivity contribution in [1.82, 2.24) is 0 Å². The number of allylic oxidation sites excluding steroid dienone is 2. The minimum Gasteiger partial charge on any atom is -0.0848 e. The highest BCUT2D eigenvalue weighted by molar-refractivity contribution is 5.12. The summed E-state index contributed by atoms with van der Waals surface area (Å²) < 4.78 is 0. The summed E-state index contributed by atoms with van der Waals surface area (Å²) in [6.45, 7) is 19.3. The molecular formula is C24H48. The molecule has 0 rings (SSSR count). The van der Waals surface area contributed by atoms with Crippen molar-refractivity contribution in [2.75, 3.05) is 0 Å². The molecule has 0 aromatic carbocycles. The van der Waals surface area contributed by atoms with Crippen molar-refractivity contribution in [3.63, 3.8) is 0 Å². The van der Waals surface area contributed by atoms with Crippen molar-refractivity contribution in [2.24, 2.45) is 29.6 Å². The smallest absolute Gasteiger partial charge is 0.0201 e. The maximum Gasteiger partial charge on any atom is -0.0201 e. The van der Waals surface area contributed by atoms with Crippen molar-refractivity contribution in [3.05, 3.63) is 11.6 Å². The van der Waals surface area contributed by atoms with Crippen LogP contribution in [0.5, 0.6) is 0 Å². The number of unbranched alkanes of at least 4 members (excludes halogenated alkanes) is 5. The van der Waals surface area contributed by atoms with Crippen molar-refractivity contribution in [3.8, 4) is 0 Å². The summed E-state index contributed by atoms with van der Waals surface area (Å²) in [5.41, 5.74) is 1.80. The van der Waals surface area contributed by atoms with E-state index < -0.39 is 0 Å². The van der Waals surface area contributed by atoms with Crippen LogP contribution in [-0.2, 0) is 0 Å². The predicted octanol–water partition coefficient (Wildman–Crippen LogP) is 8.66. The molecule has 0 saturated carbocycles. The third-order valence-corrected chi connectivity index (χ3v) is 6.50. The average molecular weight is 337 g/mol. The Labute approximate surface area is 154 Å². The summed E-state index contributed by atoms with van der Waals surface area (Å²) in [4.78, 5) is 0. The van der Waals surface area contributed by atoms with Gasteiger partial charge in [0, 0.05) is 0 Å². The van der Waals surface area contributed by atoms with Crippen molar-refractivity contribution >= 4 is 0 Å². The van der Waals surface area contributed by atoms with Crippen LogP contribution in [0.1, 0.15) is 113 Å². The Balaban J connectivity index is 5.12. The van der Waals surface area contributed by atoms with Crippen molar-refractivity contribution in [1.29, 1.82) is 0 Å². The molecule has 0 N–H and O–H groups in total. The Hall–Kier alpha value is -0.260. The standard InChI is InChI=1S/C24H48/c1-9-12-14-16-18-24(23(11-3)17-15-13-10-2)22(8)21(7)20(6)19(4)5/h18-23H,9-17H2,1-8H3. The zero-order valence-corrected chi connectivity index (χ0v) is 18.3. The second-order valence-corrected chi connectivity index (χ2v) is 8.55. The molecule has 0 saturated heterocycles. The average Bonchev–Trinajstić information content (AvgIpc) is 2.57. The Morgan fingerprint density at radius 3 is 1.83 bits per heavy atom. The molecule has 0 amide bonds. The van der Waals surface area contributed by atoms with E-state index in [2.05, 4.69) is 61.5 Å². The highest BCUT2D eigenvalue weighted by Crippen LogP contribution is 2.37. The summed E-state index contributed by atoms with van der Waals surface area (Å²) in [6, 6.07) is 0. The molecule has 0 aromatic rings. The summed E-state index contributed by atoms with van der Waals surface area (Å²) in [5, 5.41) is 0. The first-order valence-corrected chi connectivity index (χ1v) is 11.1. The van der Waals surface area contributed by atoms with Crippen LogP contribution < -0.4 is 0 Å². The van der Waals surface area contributed by atoms with E-state index in [-0.39, 0.29) is 0 Å². The fraction of sp³-hybridized carbons (Fsp3) is 0.917. The van der Waals surface area contributed by atoms with E-state index in [1.807, 2.05) is 0 Å². The predicted molar refractivity (Wildman–Crippen MR) is 112 cm³/mol. The van der Waals surface area contributed by atoms with Gasteiger partial charge in [-0.2, -0.15) is 0 Å². The van der Waals surface area contributed by atoms with E-state index in [4.69, 9.17) is 0 Å². The van der Waals surface area contributed by atoms with Gasteiger partial charge in [0.25, 0.3) is 0 Å². The lowest BCUT2D eigenvalue weighted by molar-refractivity contribution is 0.231. The van der Waals surface area contributed by atoms with Gasteiger partial charge in [-0.1, -0.05) is 99.1 Å². The molecule has 0 spiro atoms. The molecule has 0 aliphatic heterocycles. The van der Waals surface area contributed by atoms with E-state index in [1.54, 1.807) is 5.57 Å². The van der Waals surface area contributed by atoms with Crippen LogP contribution in [0.15, 0.2) is 11.6 Å². The highest BCUT2D eigenvalue weighted by atomic mass is 14.3. The van der Waals surface area contributed by atoms with Gasteiger partial charge in [0.05, 0.1) is 0 Å². The first-order chi connectivity index (χ1) is 11.4. The third-order valence-electron chi connectivity index (χ3n) is 6.50. The van der Waals surface area contributed by atoms with Crippen LogP contribution in [-0.4, -0.2) is 0 Å². The lowest BCUT2D eigenvalue weighted by Gasteiger charge is -2.34. The van der Waals surface area contributed by atoms with E-state index in [1.165, 1.54) is 57.8 Å². The maximum atomic E-state index is 2.66. The van der Waals surface area contributed by atoms with Crippen LogP contribution in [0.25, 0.3) is 0 Å². The van der Waals surface area contributed by atoms with Gasteiger partial charge in [0.15, 0.2) is 0 Å². The lowest BCUT2D eigenvalue weighted by atomic mass is 9.71. The molecule has 0 nitrogen and oxygen atoms in total. The van der Waals surface area contributed by atoms with Crippen LogP contribution in [0.3, 0.4) is 0 Å². The lowest BCUT2D eigenvalue weighted by Crippen LogP contribution is -2.25. The second-order valence-electron chi connectivity index (χ2n) is 8.55. The number of hydrogen-bond acceptors (Lipinski definition) is 0. The summed E-state index contributed by atoms with van der Waals surface area (Å²) in [6.07, 6.45) is 14.9. The van der Waals surface area contributed by atoms with Gasteiger partial charge in [-0.05, 0) is 55.3 Å². The number of rotatable bonds is 14. The van der Waals surface area contributed by atoms with E-state index in [0.29, 0.717) is 0 Å². The van der Waals surface area contributed by atoms with Gasteiger partial charge in [-0.15, -0.1) is 0 Å². The quantitative estimate of drug-likeness (QED) is 0.220. The molecule has 0 heterocycles. The largest absolute Gasteiger partial charge is 0.0848 e. The van der Waals surface area contributed by atoms with Gasteiger partial charge in [-0.25, -0.2) is 0 Å². The van der Waals surface area contributed by atoms with Crippen molar-refractivity contribution < 1.29 is 0 Å². The molecule has 0 bridgehead atoms. The summed E-state index contributed by atoms with van der Waals surface area (Å²) in [7, 11) is 0. The van der Waals surface area contributed by atoms with Crippen LogP contribution in [0, 0.1) is 29.6 Å². The minimum atomic E-state index is 0.732. The summed E-state index contributed by atoms with van der Waals surface area (Å²) in [5.74, 6) is 3.91. The minimum absolute atomic E-state index is 0.732. The maximum absolute atomic E-state index is 2.66. The zero-order valence-electron chi connectivity index (χ0n) is 18.3. The SMILES string of the molecule is CCCCCC=C(C(CC)CCCCC)C(C)C(C)C(C)C(C)C. The first kappa shape index (κ1) is 23.7. The Morgan fingerprint density at radius 1 is 0.750 bits per heavy atom. The van der Waals surface area contributed by atoms with E-state index in [9.17, 15) is 0 Å². The molecule has 0 aliphatic rings. The molecule has 144 valence electrons. The molecule has 0 radical (unpaired) electrons. The van der Waals surface area contributed by atoms with Gasteiger partial charge >= 0.3 is 0 Å². The third kappa shape index (κ3) is 8.72. The van der Waals surface area contributed by atoms with Crippen molar-refractivity contribution in [2.45, 2.75) is 113 Å². The zero-order chi connectivity index (χ0) is 18.5. The number of hydrogen-bond donors (Lipinski definition) is 0. The second kappa shape index (κ2) is 14.0. The van der Waals surface area contributed by atoms with E-state index in [0.717, 1.165) is 29.6 Å². The fourth-order valence-electron chi connectivity index (χ4n) is 4.00. The molecule has 4 atom stereocenters. The van der Waals surface area contributed by atoms with Gasteiger partial charge in [0.1, 0.15) is 0 Å². The van der Waals surface area contributed by atoms with E-state index >= 15 is 0 Å². The summed E-state index contributed by atoms with van der Waals surface area (Å²) >= 11 is 0. The van der Waals surface area contributed by atoms with Gasteiger partial charge in [-0.3, -0.25) is 0 Å². The van der Waals surface area contributed by atoms with Gasteiger partial charge in [0.2, 0.25) is 0 Å². The highest BCUT2D eigenvalue weighted by Gasteiger charge is 2.27. The van der Waals surface area contributed by atoms with Crippen LogP contribution in [0.2, 0.25) is 0 Å². The molecule has 0 fully saturated rings. The Bertz CT molecular complexity index is 312. The Morgan fingerprint density at radius 2 is 1.33 bits per heavy atom. The van der Waals surface area contributed by atoms with Crippen LogP contribution >= 0.6 is 0 Å². The Kier molecular flexibility index (Phi) is 13.8. The molecule has 4 unspecified atom stereocenters.